The van der Waals surface area contributed by atoms with Crippen LogP contribution in [0.1, 0.15) is 28.9 Å². The second kappa shape index (κ2) is 7.14. The van der Waals surface area contributed by atoms with E-state index in [0.29, 0.717) is 18.3 Å². The summed E-state index contributed by atoms with van der Waals surface area (Å²) < 4.78 is 0. The number of carbonyl (C=O) groups excluding carboxylic acids is 1. The Kier molecular flexibility index (Phi) is 5.23. The van der Waals surface area contributed by atoms with Crippen LogP contribution in [0.15, 0.2) is 18.3 Å². The van der Waals surface area contributed by atoms with E-state index in [1.165, 1.54) is 24.4 Å². The minimum Gasteiger partial charge on any atom is -0.477 e. The van der Waals surface area contributed by atoms with Crippen LogP contribution in [-0.2, 0) is 6.54 Å². The second-order valence-corrected chi connectivity index (χ2v) is 5.96. The lowest BCUT2D eigenvalue weighted by Gasteiger charge is -2.11. The van der Waals surface area contributed by atoms with Crippen molar-refractivity contribution in [2.75, 3.05) is 12.3 Å². The van der Waals surface area contributed by atoms with Gasteiger partial charge in [0.05, 0.1) is 0 Å². The van der Waals surface area contributed by atoms with E-state index in [9.17, 15) is 9.59 Å². The summed E-state index contributed by atoms with van der Waals surface area (Å²) in [5.74, 6) is 0.117. The third-order valence-electron chi connectivity index (χ3n) is 3.01. The van der Waals surface area contributed by atoms with E-state index in [2.05, 4.69) is 15.6 Å². The topological polar surface area (TPSA) is 91.3 Å². The van der Waals surface area contributed by atoms with Gasteiger partial charge in [-0.1, -0.05) is 6.07 Å². The van der Waals surface area contributed by atoms with Crippen molar-refractivity contribution in [2.24, 2.45) is 0 Å². The predicted octanol–water partition coefficient (Wildman–Crippen LogP) is 1.47. The van der Waals surface area contributed by atoms with E-state index >= 15 is 0 Å². The monoisotopic (exact) mass is 295 g/mol. The third-order valence-corrected chi connectivity index (χ3v) is 4.41. The maximum absolute atomic E-state index is 11.6. The molecule has 3 N–H and O–H groups in total. The van der Waals surface area contributed by atoms with Crippen molar-refractivity contribution in [1.82, 2.24) is 15.6 Å². The molecule has 1 aliphatic heterocycles. The molecular weight excluding hydrogens is 278 g/mol. The molecule has 1 aromatic heterocycles. The highest BCUT2D eigenvalue weighted by Crippen LogP contribution is 2.25. The summed E-state index contributed by atoms with van der Waals surface area (Å²) in [4.78, 5) is 26.0. The highest BCUT2D eigenvalue weighted by Gasteiger charge is 2.15. The number of pyridine rings is 1. The van der Waals surface area contributed by atoms with Crippen LogP contribution < -0.4 is 10.6 Å². The van der Waals surface area contributed by atoms with Gasteiger partial charge in [0.2, 0.25) is 0 Å². The van der Waals surface area contributed by atoms with Crippen molar-refractivity contribution in [3.8, 4) is 0 Å². The largest absolute Gasteiger partial charge is 0.477 e. The van der Waals surface area contributed by atoms with Gasteiger partial charge in [0, 0.05) is 24.5 Å². The molecule has 1 aliphatic rings. The molecule has 1 saturated heterocycles. The van der Waals surface area contributed by atoms with Gasteiger partial charge >= 0.3 is 12.0 Å². The van der Waals surface area contributed by atoms with Gasteiger partial charge in [0.25, 0.3) is 0 Å². The van der Waals surface area contributed by atoms with E-state index in [1.54, 1.807) is 6.07 Å². The number of amides is 2. The normalized spacial score (nSPS) is 17.7. The number of nitrogens with one attached hydrogen (secondary N) is 2. The SMILES string of the molecule is O=C(NCc1ccc(C(=O)O)nc1)NCC1CCCS1. The van der Waals surface area contributed by atoms with Crippen molar-refractivity contribution in [3.63, 3.8) is 0 Å². The van der Waals surface area contributed by atoms with Crippen molar-refractivity contribution in [3.05, 3.63) is 29.6 Å². The molecule has 0 aromatic carbocycles. The van der Waals surface area contributed by atoms with E-state index in [4.69, 9.17) is 5.11 Å². The first-order valence-electron chi connectivity index (χ1n) is 6.46. The van der Waals surface area contributed by atoms with Gasteiger partial charge in [-0.25, -0.2) is 14.6 Å². The second-order valence-electron chi connectivity index (χ2n) is 4.56. The molecule has 0 aliphatic carbocycles. The zero-order valence-corrected chi connectivity index (χ0v) is 11.8. The van der Waals surface area contributed by atoms with Gasteiger partial charge in [-0.2, -0.15) is 11.8 Å². The summed E-state index contributed by atoms with van der Waals surface area (Å²) in [5, 5.41) is 14.8. The van der Waals surface area contributed by atoms with E-state index in [0.717, 1.165) is 12.0 Å². The number of aromatic carboxylic acids is 1. The lowest BCUT2D eigenvalue weighted by molar-refractivity contribution is 0.0690. The minimum atomic E-state index is -1.06. The van der Waals surface area contributed by atoms with E-state index in [1.807, 2.05) is 11.8 Å². The summed E-state index contributed by atoms with van der Waals surface area (Å²) in [6.07, 6.45) is 3.84. The Bertz CT molecular complexity index is 472. The number of nitrogens with zero attached hydrogens (tertiary/aromatic N) is 1. The molecule has 0 bridgehead atoms. The van der Waals surface area contributed by atoms with Crippen LogP contribution >= 0.6 is 11.8 Å². The van der Waals surface area contributed by atoms with Crippen LogP contribution in [0.3, 0.4) is 0 Å². The Morgan fingerprint density at radius 1 is 1.40 bits per heavy atom. The Hall–Kier alpha value is -1.76. The number of carboxylic acid groups (broad SMARTS) is 1. The molecule has 1 unspecified atom stereocenters. The molecule has 1 atom stereocenters. The quantitative estimate of drug-likeness (QED) is 0.765. The van der Waals surface area contributed by atoms with Crippen LogP contribution in [0.2, 0.25) is 0 Å². The van der Waals surface area contributed by atoms with Crippen LogP contribution in [0.5, 0.6) is 0 Å². The zero-order chi connectivity index (χ0) is 14.4. The van der Waals surface area contributed by atoms with Crippen LogP contribution in [0.25, 0.3) is 0 Å². The van der Waals surface area contributed by atoms with Gasteiger partial charge in [-0.05, 0) is 30.2 Å². The Morgan fingerprint density at radius 2 is 2.25 bits per heavy atom. The smallest absolute Gasteiger partial charge is 0.354 e. The molecule has 2 heterocycles. The van der Waals surface area contributed by atoms with Gasteiger partial charge in [0.15, 0.2) is 0 Å². The Morgan fingerprint density at radius 3 is 2.85 bits per heavy atom. The molecule has 108 valence electrons. The van der Waals surface area contributed by atoms with Gasteiger partial charge < -0.3 is 15.7 Å². The maximum Gasteiger partial charge on any atom is 0.354 e. The summed E-state index contributed by atoms with van der Waals surface area (Å²) in [7, 11) is 0. The van der Waals surface area contributed by atoms with Crippen LogP contribution in [0.4, 0.5) is 4.79 Å². The number of aromatic nitrogens is 1. The van der Waals surface area contributed by atoms with Gasteiger partial charge in [-0.3, -0.25) is 0 Å². The Labute approximate surface area is 121 Å². The molecule has 7 heteroatoms. The van der Waals surface area contributed by atoms with Gasteiger partial charge in [0.1, 0.15) is 5.69 Å². The predicted molar refractivity (Wildman–Crippen MR) is 76.9 cm³/mol. The van der Waals surface area contributed by atoms with E-state index < -0.39 is 5.97 Å². The van der Waals surface area contributed by atoms with Crippen molar-refractivity contribution in [1.29, 1.82) is 0 Å². The summed E-state index contributed by atoms with van der Waals surface area (Å²) >= 11 is 1.90. The average Bonchev–Trinajstić information content (AvgIpc) is 2.96. The summed E-state index contributed by atoms with van der Waals surface area (Å²) in [6.45, 7) is 1.02. The molecule has 20 heavy (non-hydrogen) atoms. The minimum absolute atomic E-state index is 0.00328. The molecular formula is C13H17N3O3S. The summed E-state index contributed by atoms with van der Waals surface area (Å²) in [5.41, 5.74) is 0.761. The number of thioether (sulfide) groups is 1. The lowest BCUT2D eigenvalue weighted by Crippen LogP contribution is -2.38. The lowest BCUT2D eigenvalue weighted by atomic mass is 10.2. The number of rotatable bonds is 5. The highest BCUT2D eigenvalue weighted by molar-refractivity contribution is 8.00. The zero-order valence-electron chi connectivity index (χ0n) is 11.0. The fourth-order valence-corrected chi connectivity index (χ4v) is 3.11. The molecule has 2 amide bonds. The Balaban J connectivity index is 1.70. The number of urea groups is 1. The van der Waals surface area contributed by atoms with Crippen LogP contribution in [-0.4, -0.2) is 39.6 Å². The molecule has 2 rings (SSSR count). The van der Waals surface area contributed by atoms with E-state index in [-0.39, 0.29) is 11.7 Å². The molecule has 0 radical (unpaired) electrons. The molecule has 1 fully saturated rings. The van der Waals surface area contributed by atoms with Crippen LogP contribution in [0, 0.1) is 0 Å². The maximum atomic E-state index is 11.6. The first-order chi connectivity index (χ1) is 9.65. The number of carboxylic acids is 1. The first kappa shape index (κ1) is 14.6. The summed E-state index contributed by atoms with van der Waals surface area (Å²) in [6, 6.07) is 2.86. The number of hydrogen-bond acceptors (Lipinski definition) is 4. The average molecular weight is 295 g/mol. The number of carbonyl (C=O) groups is 2. The third kappa shape index (κ3) is 4.41. The fourth-order valence-electron chi connectivity index (χ4n) is 1.91. The van der Waals surface area contributed by atoms with Crippen molar-refractivity contribution >= 4 is 23.8 Å². The molecule has 0 spiro atoms. The standard InChI is InChI=1S/C13H17N3O3S/c17-12(18)11-4-3-9(6-14-11)7-15-13(19)16-8-10-2-1-5-20-10/h3-4,6,10H,1-2,5,7-8H2,(H,17,18)(H2,15,16,19). The molecule has 6 nitrogen and oxygen atoms in total. The van der Waals surface area contributed by atoms with Gasteiger partial charge in [-0.15, -0.1) is 0 Å². The molecule has 1 aromatic rings. The molecule has 0 saturated carbocycles. The number of hydrogen-bond donors (Lipinski definition) is 3. The van der Waals surface area contributed by atoms with Crippen molar-refractivity contribution in [2.45, 2.75) is 24.6 Å². The first-order valence-corrected chi connectivity index (χ1v) is 7.51. The fraction of sp³-hybridized carbons (Fsp3) is 0.462. The van der Waals surface area contributed by atoms with Crippen molar-refractivity contribution < 1.29 is 14.7 Å². The highest BCUT2D eigenvalue weighted by atomic mass is 32.2.